The van der Waals surface area contributed by atoms with E-state index in [1.807, 2.05) is 11.3 Å². The van der Waals surface area contributed by atoms with E-state index in [4.69, 9.17) is 14.9 Å². The van der Waals surface area contributed by atoms with Gasteiger partial charge in [0.1, 0.15) is 0 Å². The number of carboxylic acid groups (broad SMARTS) is 1. The zero-order valence-electron chi connectivity index (χ0n) is 14.3. The van der Waals surface area contributed by atoms with Gasteiger partial charge in [0.15, 0.2) is 0 Å². The van der Waals surface area contributed by atoms with Crippen molar-refractivity contribution in [1.82, 2.24) is 9.88 Å². The summed E-state index contributed by atoms with van der Waals surface area (Å²) in [5.41, 5.74) is 1.15. The van der Waals surface area contributed by atoms with E-state index < -0.39 is 5.97 Å². The van der Waals surface area contributed by atoms with Gasteiger partial charge in [-0.05, 0) is 56.8 Å². The van der Waals surface area contributed by atoms with Gasteiger partial charge in [0.25, 0.3) is 0 Å². The van der Waals surface area contributed by atoms with Crippen molar-refractivity contribution in [3.05, 3.63) is 27.7 Å². The van der Waals surface area contributed by atoms with Crippen LogP contribution in [0, 0.1) is 11.8 Å². The third-order valence-electron chi connectivity index (χ3n) is 4.65. The standard InChI is InChI=1S/C15H17BrN2S.C2H4O2.Na/c1-18-7-11(8-18)9-4-10(5-9)15-17-13-6-12(16)2-3-14(13)19-15;1-2(3)4;/h2-3,6,9-11H,4-5,7-8H2,1H3;1H3,(H,3,4);/q;;+1/p-1. The maximum absolute atomic E-state index is 8.89. The van der Waals surface area contributed by atoms with E-state index >= 15 is 0 Å². The van der Waals surface area contributed by atoms with Crippen LogP contribution in [0.25, 0.3) is 10.2 Å². The van der Waals surface area contributed by atoms with Gasteiger partial charge in [-0.1, -0.05) is 15.9 Å². The summed E-state index contributed by atoms with van der Waals surface area (Å²) in [5.74, 6) is 1.57. The van der Waals surface area contributed by atoms with Crippen LogP contribution in [-0.4, -0.2) is 36.0 Å². The van der Waals surface area contributed by atoms with Crippen molar-refractivity contribution in [3.63, 3.8) is 0 Å². The van der Waals surface area contributed by atoms with E-state index in [0.29, 0.717) is 0 Å². The normalized spacial score (nSPS) is 23.5. The maximum Gasteiger partial charge on any atom is 1.00 e. The maximum atomic E-state index is 8.89. The molecule has 0 spiro atoms. The second-order valence-corrected chi connectivity index (χ2v) is 8.54. The summed E-state index contributed by atoms with van der Waals surface area (Å²) in [5, 5.41) is 10.2. The summed E-state index contributed by atoms with van der Waals surface area (Å²) >= 11 is 5.41. The first-order valence-electron chi connectivity index (χ1n) is 7.84. The molecule has 24 heavy (non-hydrogen) atoms. The van der Waals surface area contributed by atoms with E-state index in [9.17, 15) is 0 Å². The minimum atomic E-state index is -1.08. The van der Waals surface area contributed by atoms with Crippen LogP contribution >= 0.6 is 27.3 Å². The molecule has 1 saturated carbocycles. The Morgan fingerprint density at radius 3 is 2.54 bits per heavy atom. The van der Waals surface area contributed by atoms with Gasteiger partial charge in [-0.15, -0.1) is 11.3 Å². The van der Waals surface area contributed by atoms with E-state index in [-0.39, 0.29) is 29.6 Å². The number of aromatic nitrogens is 1. The number of hydrogen-bond acceptors (Lipinski definition) is 5. The topological polar surface area (TPSA) is 56.3 Å². The number of rotatable bonds is 2. The molecule has 1 saturated heterocycles. The molecule has 124 valence electrons. The van der Waals surface area contributed by atoms with Crippen LogP contribution in [0.1, 0.15) is 30.7 Å². The molecule has 0 radical (unpaired) electrons. The zero-order valence-corrected chi connectivity index (χ0v) is 18.7. The van der Waals surface area contributed by atoms with E-state index in [0.717, 1.165) is 34.7 Å². The molecule has 1 aliphatic carbocycles. The van der Waals surface area contributed by atoms with Crippen LogP contribution in [0.3, 0.4) is 0 Å². The minimum Gasteiger partial charge on any atom is -0.550 e. The first kappa shape index (κ1) is 20.3. The summed E-state index contributed by atoms with van der Waals surface area (Å²) < 4.78 is 2.45. The average Bonchev–Trinajstić information content (AvgIpc) is 2.76. The van der Waals surface area contributed by atoms with Gasteiger partial charge in [0.05, 0.1) is 15.2 Å². The number of carbonyl (C=O) groups is 1. The number of halogens is 1. The number of carboxylic acids is 1. The van der Waals surface area contributed by atoms with Crippen molar-refractivity contribution in [2.24, 2.45) is 11.8 Å². The predicted molar refractivity (Wildman–Crippen MR) is 94.5 cm³/mol. The van der Waals surface area contributed by atoms with Crippen molar-refractivity contribution in [2.45, 2.75) is 25.7 Å². The second kappa shape index (κ2) is 8.60. The van der Waals surface area contributed by atoms with Crippen LogP contribution in [-0.2, 0) is 4.79 Å². The van der Waals surface area contributed by atoms with Gasteiger partial charge in [-0.25, -0.2) is 4.98 Å². The largest absolute Gasteiger partial charge is 1.00 e. The molecule has 0 atom stereocenters. The average molecular weight is 419 g/mol. The summed E-state index contributed by atoms with van der Waals surface area (Å²) in [6.07, 6.45) is 2.72. The molecule has 4 nitrogen and oxygen atoms in total. The van der Waals surface area contributed by atoms with Crippen molar-refractivity contribution >= 4 is 43.5 Å². The smallest absolute Gasteiger partial charge is 0.550 e. The Balaban J connectivity index is 0.000000379. The molecule has 2 fully saturated rings. The summed E-state index contributed by atoms with van der Waals surface area (Å²) in [6.45, 7) is 3.59. The van der Waals surface area contributed by atoms with Gasteiger partial charge in [0, 0.05) is 29.4 Å². The summed E-state index contributed by atoms with van der Waals surface area (Å²) in [7, 11) is 2.22. The Bertz CT molecular complexity index is 708. The van der Waals surface area contributed by atoms with Gasteiger partial charge in [0.2, 0.25) is 0 Å². The number of aliphatic carboxylic acids is 1. The molecular weight excluding hydrogens is 399 g/mol. The van der Waals surface area contributed by atoms with E-state index in [1.165, 1.54) is 35.6 Å². The van der Waals surface area contributed by atoms with Crippen molar-refractivity contribution in [2.75, 3.05) is 20.1 Å². The van der Waals surface area contributed by atoms with E-state index in [1.54, 1.807) is 0 Å². The number of benzene rings is 1. The Kier molecular flexibility index (Phi) is 7.29. The Morgan fingerprint density at radius 2 is 1.96 bits per heavy atom. The third kappa shape index (κ3) is 4.80. The minimum absolute atomic E-state index is 0. The molecule has 0 N–H and O–H groups in total. The molecule has 1 aliphatic heterocycles. The fraction of sp³-hybridized carbons (Fsp3) is 0.529. The van der Waals surface area contributed by atoms with Gasteiger partial charge in [-0.3, -0.25) is 0 Å². The molecule has 2 heterocycles. The van der Waals surface area contributed by atoms with Crippen molar-refractivity contribution < 1.29 is 39.5 Å². The molecule has 4 rings (SSSR count). The summed E-state index contributed by atoms with van der Waals surface area (Å²) in [4.78, 5) is 16.1. The molecule has 2 aliphatic rings. The Morgan fingerprint density at radius 1 is 1.33 bits per heavy atom. The molecule has 2 aromatic rings. The van der Waals surface area contributed by atoms with Gasteiger partial charge < -0.3 is 14.8 Å². The van der Waals surface area contributed by atoms with Crippen LogP contribution in [0.15, 0.2) is 22.7 Å². The van der Waals surface area contributed by atoms with Crippen LogP contribution in [0.2, 0.25) is 0 Å². The van der Waals surface area contributed by atoms with Crippen LogP contribution in [0.4, 0.5) is 0 Å². The monoisotopic (exact) mass is 418 g/mol. The first-order chi connectivity index (χ1) is 10.9. The number of hydrogen-bond donors (Lipinski definition) is 0. The number of likely N-dealkylation sites (tertiary alicyclic amines) is 1. The van der Waals surface area contributed by atoms with Crippen LogP contribution in [0.5, 0.6) is 0 Å². The van der Waals surface area contributed by atoms with Crippen molar-refractivity contribution in [1.29, 1.82) is 0 Å². The van der Waals surface area contributed by atoms with Crippen molar-refractivity contribution in [3.8, 4) is 0 Å². The fourth-order valence-corrected chi connectivity index (χ4v) is 4.81. The van der Waals surface area contributed by atoms with Crippen LogP contribution < -0.4 is 34.7 Å². The Hall–Kier alpha value is 0.0200. The molecule has 0 unspecified atom stereocenters. The van der Waals surface area contributed by atoms with E-state index in [2.05, 4.69) is 46.1 Å². The molecule has 7 heteroatoms. The van der Waals surface area contributed by atoms with Gasteiger partial charge >= 0.3 is 29.6 Å². The second-order valence-electron chi connectivity index (χ2n) is 6.57. The number of fused-ring (bicyclic) bond motifs is 1. The molecular formula is C17H20BrN2NaO2S. The fourth-order valence-electron chi connectivity index (χ4n) is 3.39. The molecule has 0 bridgehead atoms. The van der Waals surface area contributed by atoms with Gasteiger partial charge in [-0.2, -0.15) is 0 Å². The first-order valence-corrected chi connectivity index (χ1v) is 9.45. The molecule has 0 amide bonds. The molecule has 1 aromatic carbocycles. The summed E-state index contributed by atoms with van der Waals surface area (Å²) in [6, 6.07) is 6.42. The third-order valence-corrected chi connectivity index (χ3v) is 6.34. The zero-order chi connectivity index (χ0) is 16.6. The quantitative estimate of drug-likeness (QED) is 0.637. The Labute approximate surface area is 177 Å². The SMILES string of the molecule is CC(=O)[O-].CN1CC(C2CC(c3nc4cc(Br)ccc4s3)C2)C1.[Na+]. The number of carbonyl (C=O) groups excluding carboxylic acids is 1. The predicted octanol–water partition coefficient (Wildman–Crippen LogP) is -0.126. The molecule has 1 aromatic heterocycles. The number of nitrogens with zero attached hydrogens (tertiary/aromatic N) is 2. The number of thiazole rings is 1.